The minimum absolute atomic E-state index is 0.179. The zero-order valence-corrected chi connectivity index (χ0v) is 28.9. The molecule has 6 rings (SSSR count). The number of carbonyl (C=O) groups is 3. The Morgan fingerprint density at radius 3 is 2.18 bits per heavy atom. The Morgan fingerprint density at radius 2 is 1.60 bits per heavy atom. The van der Waals surface area contributed by atoms with Crippen LogP contribution in [0.5, 0.6) is 5.75 Å². The van der Waals surface area contributed by atoms with Crippen LogP contribution in [0.1, 0.15) is 37.3 Å². The molecule has 6 atom stereocenters. The van der Waals surface area contributed by atoms with Gasteiger partial charge in [0.2, 0.25) is 11.8 Å². The molecule has 3 aliphatic heterocycles. The lowest BCUT2D eigenvalue weighted by atomic mass is 9.64. The second-order valence-electron chi connectivity index (χ2n) is 13.5. The first-order chi connectivity index (χ1) is 24.3. The molecule has 2 bridgehead atoms. The topological polar surface area (TPSA) is 99.6 Å². The number of carbonyl (C=O) groups excluding carboxylic acids is 3. The van der Waals surface area contributed by atoms with Gasteiger partial charge in [-0.3, -0.25) is 14.4 Å². The number of ether oxygens (including phenoxy) is 2. The molecular formula is C41H47N3O6. The monoisotopic (exact) mass is 677 g/mol. The molecular weight excluding hydrogens is 630 g/mol. The third-order valence-electron chi connectivity index (χ3n) is 10.9. The molecule has 3 aromatic carbocycles. The largest absolute Gasteiger partial charge is 0.497 e. The molecule has 50 heavy (non-hydrogen) atoms. The average molecular weight is 678 g/mol. The van der Waals surface area contributed by atoms with Crippen molar-refractivity contribution in [2.24, 2.45) is 11.8 Å². The summed E-state index contributed by atoms with van der Waals surface area (Å²) in [5, 5.41) is 10.9. The van der Waals surface area contributed by atoms with Gasteiger partial charge in [0.05, 0.1) is 37.2 Å². The van der Waals surface area contributed by atoms with E-state index in [2.05, 4.69) is 13.2 Å². The summed E-state index contributed by atoms with van der Waals surface area (Å²) in [6.07, 6.45) is 5.14. The van der Waals surface area contributed by atoms with Crippen molar-refractivity contribution in [2.75, 3.05) is 31.7 Å². The molecule has 262 valence electrons. The highest BCUT2D eigenvalue weighted by atomic mass is 16.5. The lowest BCUT2D eigenvalue weighted by Gasteiger charge is -2.39. The van der Waals surface area contributed by atoms with Crippen LogP contribution in [0.2, 0.25) is 0 Å². The summed E-state index contributed by atoms with van der Waals surface area (Å²) >= 11 is 0. The number of benzene rings is 3. The van der Waals surface area contributed by atoms with Gasteiger partial charge in [0.1, 0.15) is 17.4 Å². The molecule has 3 aliphatic rings. The van der Waals surface area contributed by atoms with Crippen molar-refractivity contribution in [3.8, 4) is 5.75 Å². The Morgan fingerprint density at radius 1 is 0.960 bits per heavy atom. The maximum atomic E-state index is 15.2. The van der Waals surface area contributed by atoms with Crippen molar-refractivity contribution in [2.45, 2.75) is 62.4 Å². The van der Waals surface area contributed by atoms with Gasteiger partial charge in [0, 0.05) is 25.3 Å². The van der Waals surface area contributed by atoms with Crippen LogP contribution in [0.4, 0.5) is 5.69 Å². The van der Waals surface area contributed by atoms with Gasteiger partial charge in [-0.2, -0.15) is 0 Å². The number of amides is 3. The normalized spacial score (nSPS) is 25.5. The van der Waals surface area contributed by atoms with Gasteiger partial charge in [-0.1, -0.05) is 79.7 Å². The van der Waals surface area contributed by atoms with E-state index in [0.717, 1.165) is 11.1 Å². The number of fused-ring (bicyclic) bond motifs is 1. The van der Waals surface area contributed by atoms with Crippen LogP contribution < -0.4 is 9.64 Å². The molecule has 2 unspecified atom stereocenters. The van der Waals surface area contributed by atoms with E-state index in [1.165, 1.54) is 0 Å². The molecule has 3 aromatic rings. The Kier molecular flexibility index (Phi) is 10.3. The molecule has 1 spiro atoms. The fourth-order valence-corrected chi connectivity index (χ4v) is 8.59. The van der Waals surface area contributed by atoms with Crippen LogP contribution in [0, 0.1) is 11.8 Å². The Labute approximate surface area is 294 Å². The molecule has 9 heteroatoms. The highest BCUT2D eigenvalue weighted by Crippen LogP contribution is 2.65. The summed E-state index contributed by atoms with van der Waals surface area (Å²) < 4.78 is 12.5. The van der Waals surface area contributed by atoms with Crippen molar-refractivity contribution in [3.05, 3.63) is 121 Å². The lowest BCUT2D eigenvalue weighted by Crippen LogP contribution is -2.59. The molecule has 9 nitrogen and oxygen atoms in total. The number of rotatable bonds is 15. The standard InChI is InChI=1S/C41H47N3O6/c1-5-24-42(27-30-16-12-9-13-17-30)37(46)34-35-38(47)44(32(28-45)26-29-14-10-8-11-15-29)36(41(35)23-22-40(34,7-3)50-41)39(48)43(25-6-2)31-18-20-33(49-4)21-19-31/h5-6,8-21,32,34-36,45H,1-2,7,22-28H2,3-4H3/t32-,34+,35+,36?,40-,41?/m1/s1. The number of nitrogens with zero attached hydrogens (tertiary/aromatic N) is 3. The minimum atomic E-state index is -1.27. The highest BCUT2D eigenvalue weighted by Gasteiger charge is 2.79. The number of likely N-dealkylation sites (tertiary alicyclic amines) is 1. The Hall–Kier alpha value is -4.73. The molecule has 0 aliphatic carbocycles. The van der Waals surface area contributed by atoms with Gasteiger partial charge in [-0.15, -0.1) is 13.2 Å². The van der Waals surface area contributed by atoms with Crippen molar-refractivity contribution < 1.29 is 29.0 Å². The molecule has 3 saturated heterocycles. The van der Waals surface area contributed by atoms with Gasteiger partial charge >= 0.3 is 0 Å². The van der Waals surface area contributed by atoms with Gasteiger partial charge in [-0.25, -0.2) is 0 Å². The SMILES string of the molecule is C=CCN(Cc1ccccc1)C(=O)[C@@H]1[C@H]2C(=O)N([C@@H](CO)Cc3ccccc3)C(C(=O)N(CC=C)c3ccc(OC)cc3)C23CC[C@@]1(CC)O3. The smallest absolute Gasteiger partial charge is 0.253 e. The summed E-state index contributed by atoms with van der Waals surface area (Å²) in [5.41, 5.74) is 0.295. The van der Waals surface area contributed by atoms with Crippen LogP contribution in [0.25, 0.3) is 0 Å². The maximum absolute atomic E-state index is 15.2. The van der Waals surface area contributed by atoms with E-state index in [1.807, 2.05) is 67.6 Å². The first-order valence-electron chi connectivity index (χ1n) is 17.4. The molecule has 3 fully saturated rings. The van der Waals surface area contributed by atoms with Crippen LogP contribution in [0.15, 0.2) is 110 Å². The van der Waals surface area contributed by atoms with Gasteiger partial charge < -0.3 is 29.3 Å². The molecule has 1 N–H and O–H groups in total. The first kappa shape index (κ1) is 35.1. The summed E-state index contributed by atoms with van der Waals surface area (Å²) in [6, 6.07) is 24.7. The van der Waals surface area contributed by atoms with Crippen LogP contribution in [-0.2, 0) is 32.1 Å². The van der Waals surface area contributed by atoms with Gasteiger partial charge in [0.15, 0.2) is 0 Å². The summed E-state index contributed by atoms with van der Waals surface area (Å²) in [6.45, 7) is 10.3. The summed E-state index contributed by atoms with van der Waals surface area (Å²) in [4.78, 5) is 50.1. The zero-order chi connectivity index (χ0) is 35.5. The van der Waals surface area contributed by atoms with Gasteiger partial charge in [-0.05, 0) is 61.1 Å². The third-order valence-corrected chi connectivity index (χ3v) is 10.9. The number of aliphatic hydroxyl groups is 1. The summed E-state index contributed by atoms with van der Waals surface area (Å²) in [7, 11) is 1.58. The van der Waals surface area contributed by atoms with E-state index in [4.69, 9.17) is 9.47 Å². The van der Waals surface area contributed by atoms with E-state index in [1.54, 1.807) is 58.2 Å². The predicted octanol–water partition coefficient (Wildman–Crippen LogP) is 5.19. The van der Waals surface area contributed by atoms with Crippen molar-refractivity contribution >= 4 is 23.4 Å². The molecule has 0 radical (unpaired) electrons. The number of aliphatic hydroxyl groups excluding tert-OH is 1. The van der Waals surface area contributed by atoms with Gasteiger partial charge in [0.25, 0.3) is 5.91 Å². The zero-order valence-electron chi connectivity index (χ0n) is 28.9. The van der Waals surface area contributed by atoms with Crippen molar-refractivity contribution in [1.29, 1.82) is 0 Å². The van der Waals surface area contributed by atoms with Crippen LogP contribution in [-0.4, -0.2) is 82.7 Å². The first-order valence-corrected chi connectivity index (χ1v) is 17.4. The van der Waals surface area contributed by atoms with E-state index in [9.17, 15) is 9.90 Å². The Balaban J connectivity index is 1.46. The average Bonchev–Trinajstić information content (AvgIpc) is 3.76. The fourth-order valence-electron chi connectivity index (χ4n) is 8.59. The second kappa shape index (κ2) is 14.6. The van der Waals surface area contributed by atoms with E-state index < -0.39 is 35.1 Å². The highest BCUT2D eigenvalue weighted by molar-refractivity contribution is 6.05. The number of hydrogen-bond acceptors (Lipinski definition) is 6. The number of anilines is 1. The summed E-state index contributed by atoms with van der Waals surface area (Å²) in [5.74, 6) is -1.95. The van der Waals surface area contributed by atoms with E-state index in [0.29, 0.717) is 50.2 Å². The minimum Gasteiger partial charge on any atom is -0.497 e. The molecule has 3 heterocycles. The molecule has 0 saturated carbocycles. The fraction of sp³-hybridized carbons (Fsp3) is 0.390. The van der Waals surface area contributed by atoms with Crippen LogP contribution in [0.3, 0.4) is 0 Å². The third kappa shape index (κ3) is 6.03. The predicted molar refractivity (Wildman–Crippen MR) is 192 cm³/mol. The quantitative estimate of drug-likeness (QED) is 0.223. The van der Waals surface area contributed by atoms with Crippen LogP contribution >= 0.6 is 0 Å². The lowest BCUT2D eigenvalue weighted by molar-refractivity contribution is -0.153. The maximum Gasteiger partial charge on any atom is 0.253 e. The molecule has 3 amide bonds. The number of methoxy groups -OCH3 is 1. The van der Waals surface area contributed by atoms with Crippen molar-refractivity contribution in [3.63, 3.8) is 0 Å². The van der Waals surface area contributed by atoms with E-state index >= 15 is 9.59 Å². The second-order valence-corrected chi connectivity index (χ2v) is 13.5. The Bertz CT molecular complexity index is 1700. The van der Waals surface area contributed by atoms with Crippen molar-refractivity contribution in [1.82, 2.24) is 9.80 Å². The number of hydrogen-bond donors (Lipinski definition) is 1. The molecule has 0 aromatic heterocycles. The van der Waals surface area contributed by atoms with E-state index in [-0.39, 0.29) is 30.9 Å².